The predicted molar refractivity (Wildman–Crippen MR) is 130 cm³/mol. The molecular formula is C26H29N5O3. The number of benzene rings is 2. The molecule has 1 fully saturated rings. The Morgan fingerprint density at radius 1 is 1.00 bits per heavy atom. The first-order chi connectivity index (χ1) is 16.4. The zero-order chi connectivity index (χ0) is 24.2. The number of carbonyl (C=O) groups excluding carboxylic acids is 2. The van der Waals surface area contributed by atoms with Gasteiger partial charge in [-0.15, -0.1) is 0 Å². The van der Waals surface area contributed by atoms with Gasteiger partial charge < -0.3 is 19.9 Å². The molecule has 0 aliphatic carbocycles. The van der Waals surface area contributed by atoms with Crippen molar-refractivity contribution in [1.29, 1.82) is 0 Å². The van der Waals surface area contributed by atoms with Gasteiger partial charge in [0.05, 0.1) is 13.2 Å². The van der Waals surface area contributed by atoms with Crippen LogP contribution in [0.15, 0.2) is 54.6 Å². The van der Waals surface area contributed by atoms with Gasteiger partial charge in [0.2, 0.25) is 11.9 Å². The molecule has 1 saturated heterocycles. The van der Waals surface area contributed by atoms with Crippen molar-refractivity contribution in [2.24, 2.45) is 0 Å². The summed E-state index contributed by atoms with van der Waals surface area (Å²) >= 11 is 0. The first-order valence-electron chi connectivity index (χ1n) is 11.2. The third kappa shape index (κ3) is 5.01. The molecule has 1 aliphatic heterocycles. The maximum atomic E-state index is 13.7. The SMILES string of the molecule is COc1ccccc1[C@@H]1CN(C(C)=O)CCN1C(=O)c1cccc(Nc2nc(C)cc(C)n2)c1. The molecule has 1 N–H and O–H groups in total. The van der Waals surface area contributed by atoms with E-state index in [0.717, 1.165) is 22.6 Å². The molecule has 34 heavy (non-hydrogen) atoms. The fourth-order valence-corrected chi connectivity index (χ4v) is 4.33. The van der Waals surface area contributed by atoms with Crippen LogP contribution < -0.4 is 10.1 Å². The third-order valence-corrected chi connectivity index (χ3v) is 5.93. The number of piperazine rings is 1. The van der Waals surface area contributed by atoms with Crippen molar-refractivity contribution in [3.05, 3.63) is 77.1 Å². The van der Waals surface area contributed by atoms with Crippen molar-refractivity contribution in [2.45, 2.75) is 26.8 Å². The van der Waals surface area contributed by atoms with Crippen molar-refractivity contribution in [3.8, 4) is 5.75 Å². The van der Waals surface area contributed by atoms with Crippen LogP contribution in [0.25, 0.3) is 0 Å². The summed E-state index contributed by atoms with van der Waals surface area (Å²) in [6, 6.07) is 16.5. The van der Waals surface area contributed by atoms with E-state index in [4.69, 9.17) is 4.74 Å². The smallest absolute Gasteiger partial charge is 0.254 e. The van der Waals surface area contributed by atoms with E-state index in [1.807, 2.05) is 61.2 Å². The number of methoxy groups -OCH3 is 1. The zero-order valence-electron chi connectivity index (χ0n) is 19.9. The number of ether oxygens (including phenoxy) is 1. The second-order valence-electron chi connectivity index (χ2n) is 8.40. The number of hydrogen-bond acceptors (Lipinski definition) is 6. The number of aryl methyl sites for hydroxylation is 2. The van der Waals surface area contributed by atoms with Gasteiger partial charge >= 0.3 is 0 Å². The Hall–Kier alpha value is -3.94. The second kappa shape index (κ2) is 9.91. The highest BCUT2D eigenvalue weighted by atomic mass is 16.5. The van der Waals surface area contributed by atoms with Crippen LogP contribution in [-0.2, 0) is 4.79 Å². The van der Waals surface area contributed by atoms with E-state index < -0.39 is 0 Å². The molecule has 2 amide bonds. The minimum Gasteiger partial charge on any atom is -0.496 e. The summed E-state index contributed by atoms with van der Waals surface area (Å²) in [5.74, 6) is 1.07. The van der Waals surface area contributed by atoms with Gasteiger partial charge in [0.1, 0.15) is 5.75 Å². The lowest BCUT2D eigenvalue weighted by atomic mass is 9.99. The minimum absolute atomic E-state index is 0.00774. The van der Waals surface area contributed by atoms with Crippen LogP contribution in [-0.4, -0.2) is 58.3 Å². The Balaban J connectivity index is 1.63. The lowest BCUT2D eigenvalue weighted by Gasteiger charge is -2.41. The Kier molecular flexibility index (Phi) is 6.77. The fraction of sp³-hybridized carbons (Fsp3) is 0.308. The maximum absolute atomic E-state index is 13.7. The second-order valence-corrected chi connectivity index (χ2v) is 8.40. The molecule has 0 bridgehead atoms. The van der Waals surface area contributed by atoms with Crippen LogP contribution in [0.2, 0.25) is 0 Å². The third-order valence-electron chi connectivity index (χ3n) is 5.93. The van der Waals surface area contributed by atoms with Crippen LogP contribution in [0.3, 0.4) is 0 Å². The maximum Gasteiger partial charge on any atom is 0.254 e. The van der Waals surface area contributed by atoms with Gasteiger partial charge in [-0.3, -0.25) is 9.59 Å². The van der Waals surface area contributed by atoms with Gasteiger partial charge in [0.15, 0.2) is 0 Å². The number of hydrogen-bond donors (Lipinski definition) is 1. The van der Waals surface area contributed by atoms with E-state index in [2.05, 4.69) is 15.3 Å². The normalized spacial score (nSPS) is 15.7. The standard InChI is InChI=1S/C26H29N5O3/c1-17-14-18(2)28-26(27-17)29-21-9-7-8-20(15-21)25(33)31-13-12-30(19(3)32)16-23(31)22-10-5-6-11-24(22)34-4/h5-11,14-15,23H,12-13,16H2,1-4H3,(H,27,28,29)/t23-/m0/s1. The summed E-state index contributed by atoms with van der Waals surface area (Å²) in [5, 5.41) is 3.20. The highest BCUT2D eigenvalue weighted by Gasteiger charge is 2.34. The molecule has 1 aromatic heterocycles. The van der Waals surface area contributed by atoms with E-state index in [1.54, 1.807) is 31.1 Å². The molecule has 0 spiro atoms. The van der Waals surface area contributed by atoms with E-state index in [0.29, 0.717) is 36.9 Å². The molecule has 0 radical (unpaired) electrons. The first kappa shape index (κ1) is 23.2. The molecule has 8 nitrogen and oxygen atoms in total. The number of aromatic nitrogens is 2. The average Bonchev–Trinajstić information content (AvgIpc) is 2.82. The summed E-state index contributed by atoms with van der Waals surface area (Å²) in [6.45, 7) is 6.72. The summed E-state index contributed by atoms with van der Waals surface area (Å²) < 4.78 is 5.57. The number of nitrogens with one attached hydrogen (secondary N) is 1. The van der Waals surface area contributed by atoms with Gasteiger partial charge in [-0.2, -0.15) is 0 Å². The molecule has 2 aromatic carbocycles. The number of rotatable bonds is 5. The number of para-hydroxylation sites is 1. The quantitative estimate of drug-likeness (QED) is 0.623. The Bertz CT molecular complexity index is 1190. The molecule has 3 aromatic rings. The largest absolute Gasteiger partial charge is 0.496 e. The lowest BCUT2D eigenvalue weighted by molar-refractivity contribution is -0.131. The molecular weight excluding hydrogens is 430 g/mol. The molecule has 2 heterocycles. The van der Waals surface area contributed by atoms with Gasteiger partial charge in [0, 0.05) is 54.8 Å². The topological polar surface area (TPSA) is 87.7 Å². The summed E-state index contributed by atoms with van der Waals surface area (Å²) in [6.07, 6.45) is 0. The van der Waals surface area contributed by atoms with Crippen LogP contribution >= 0.6 is 0 Å². The highest BCUT2D eigenvalue weighted by molar-refractivity contribution is 5.96. The minimum atomic E-state index is -0.319. The van der Waals surface area contributed by atoms with Gasteiger partial charge in [-0.25, -0.2) is 9.97 Å². The van der Waals surface area contributed by atoms with E-state index in [-0.39, 0.29) is 17.9 Å². The first-order valence-corrected chi connectivity index (χ1v) is 11.2. The molecule has 8 heteroatoms. The van der Waals surface area contributed by atoms with Crippen LogP contribution in [0, 0.1) is 13.8 Å². The Morgan fingerprint density at radius 2 is 1.74 bits per heavy atom. The van der Waals surface area contributed by atoms with Gasteiger partial charge in [-0.1, -0.05) is 24.3 Å². The summed E-state index contributed by atoms with van der Waals surface area (Å²) in [5.41, 5.74) is 3.88. The van der Waals surface area contributed by atoms with Crippen molar-refractivity contribution < 1.29 is 14.3 Å². The monoisotopic (exact) mass is 459 g/mol. The van der Waals surface area contributed by atoms with Crippen molar-refractivity contribution >= 4 is 23.5 Å². The number of nitrogens with zero attached hydrogens (tertiary/aromatic N) is 4. The molecule has 176 valence electrons. The van der Waals surface area contributed by atoms with Crippen LogP contribution in [0.5, 0.6) is 5.75 Å². The molecule has 1 atom stereocenters. The fourth-order valence-electron chi connectivity index (χ4n) is 4.33. The number of anilines is 2. The summed E-state index contributed by atoms with van der Waals surface area (Å²) in [7, 11) is 1.61. The van der Waals surface area contributed by atoms with Crippen LogP contribution in [0.1, 0.15) is 40.3 Å². The zero-order valence-corrected chi connectivity index (χ0v) is 19.9. The van der Waals surface area contributed by atoms with Crippen molar-refractivity contribution in [1.82, 2.24) is 19.8 Å². The van der Waals surface area contributed by atoms with Crippen molar-refractivity contribution in [2.75, 3.05) is 32.1 Å². The number of carbonyl (C=O) groups is 2. The number of amides is 2. The Labute approximate surface area is 199 Å². The van der Waals surface area contributed by atoms with E-state index in [1.165, 1.54) is 0 Å². The van der Waals surface area contributed by atoms with Gasteiger partial charge in [0.25, 0.3) is 5.91 Å². The van der Waals surface area contributed by atoms with E-state index >= 15 is 0 Å². The average molecular weight is 460 g/mol. The Morgan fingerprint density at radius 3 is 2.44 bits per heavy atom. The van der Waals surface area contributed by atoms with Crippen molar-refractivity contribution in [3.63, 3.8) is 0 Å². The van der Waals surface area contributed by atoms with Gasteiger partial charge in [-0.05, 0) is 44.2 Å². The van der Waals surface area contributed by atoms with E-state index in [9.17, 15) is 9.59 Å². The molecule has 1 aliphatic rings. The molecule has 0 unspecified atom stereocenters. The molecule has 0 saturated carbocycles. The van der Waals surface area contributed by atoms with Crippen LogP contribution in [0.4, 0.5) is 11.6 Å². The molecule has 4 rings (SSSR count). The summed E-state index contributed by atoms with van der Waals surface area (Å²) in [4.78, 5) is 38.2. The highest BCUT2D eigenvalue weighted by Crippen LogP contribution is 2.33. The lowest BCUT2D eigenvalue weighted by Crippen LogP contribution is -2.52. The predicted octanol–water partition coefficient (Wildman–Crippen LogP) is 3.89.